The Bertz CT molecular complexity index is 2090. The fraction of sp³-hybridized carbons (Fsp3) is 0.709. The van der Waals surface area contributed by atoms with E-state index < -0.39 is 0 Å². The Hall–Kier alpha value is -2.96. The number of carbonyl (C=O) groups is 2. The summed E-state index contributed by atoms with van der Waals surface area (Å²) >= 11 is 0. The molecule has 0 unspecified atom stereocenters. The van der Waals surface area contributed by atoms with Crippen LogP contribution in [0.25, 0.3) is 0 Å². The minimum atomic E-state index is -0.0883. The summed E-state index contributed by atoms with van der Waals surface area (Å²) in [4.78, 5) is 24.0. The molecule has 330 valence electrons. The number of Topliss-reactive ketones (excluding diaryl/α,β-unsaturated/α-hetero) is 1. The van der Waals surface area contributed by atoms with Gasteiger partial charge in [0, 0.05) is 18.3 Å². The number of carbonyl (C=O) groups excluding carboxylic acids is 2. The molecular formula is C55H74O6. The van der Waals surface area contributed by atoms with Crippen LogP contribution in [0.5, 0.6) is 11.5 Å². The van der Waals surface area contributed by atoms with Gasteiger partial charge in [-0.05, 0) is 238 Å². The van der Waals surface area contributed by atoms with E-state index in [9.17, 15) is 30.0 Å². The van der Waals surface area contributed by atoms with E-state index in [1.54, 1.807) is 0 Å². The van der Waals surface area contributed by atoms with E-state index >= 15 is 0 Å². The van der Waals surface area contributed by atoms with E-state index in [-0.39, 0.29) is 33.9 Å². The molecule has 7 saturated carbocycles. The molecule has 10 aliphatic carbocycles. The topological polar surface area (TPSA) is 115 Å². The Kier molecular flexibility index (Phi) is 10.6. The summed E-state index contributed by atoms with van der Waals surface area (Å²) in [7, 11) is 0. The van der Waals surface area contributed by atoms with Crippen molar-refractivity contribution in [3.8, 4) is 11.5 Å². The molecule has 0 aromatic heterocycles. The van der Waals surface area contributed by atoms with Crippen LogP contribution < -0.4 is 0 Å². The van der Waals surface area contributed by atoms with Crippen LogP contribution in [0.2, 0.25) is 0 Å². The molecule has 6 nitrogen and oxygen atoms in total. The first-order valence-electron chi connectivity index (χ1n) is 24.9. The zero-order valence-corrected chi connectivity index (χ0v) is 37.6. The first-order chi connectivity index (χ1) is 29.1. The van der Waals surface area contributed by atoms with Crippen molar-refractivity contribution in [1.29, 1.82) is 0 Å². The van der Waals surface area contributed by atoms with E-state index in [0.29, 0.717) is 58.6 Å². The summed E-state index contributed by atoms with van der Waals surface area (Å²) in [6.07, 6.45) is 23.8. The second-order valence-corrected chi connectivity index (χ2v) is 23.3. The molecule has 2 aromatic carbocycles. The maximum Gasteiger partial charge on any atom is 0.155 e. The van der Waals surface area contributed by atoms with Gasteiger partial charge in [-0.2, -0.15) is 0 Å². The van der Waals surface area contributed by atoms with Crippen LogP contribution in [0.4, 0.5) is 0 Å². The molecule has 0 aliphatic heterocycles. The van der Waals surface area contributed by atoms with Crippen LogP contribution in [0.3, 0.4) is 0 Å². The third-order valence-corrected chi connectivity index (χ3v) is 21.0. The third kappa shape index (κ3) is 6.66. The monoisotopic (exact) mass is 831 g/mol. The van der Waals surface area contributed by atoms with Gasteiger partial charge in [-0.1, -0.05) is 45.4 Å². The summed E-state index contributed by atoms with van der Waals surface area (Å²) in [6.45, 7) is 9.30. The molecule has 0 spiro atoms. The number of aryl methyl sites for hydroxylation is 2. The highest BCUT2D eigenvalue weighted by atomic mass is 16.3. The van der Waals surface area contributed by atoms with E-state index in [1.165, 1.54) is 79.2 Å². The molecule has 0 heterocycles. The lowest BCUT2D eigenvalue weighted by molar-refractivity contribution is -0.129. The summed E-state index contributed by atoms with van der Waals surface area (Å²) in [5.74, 6) is 7.85. The molecule has 2 aromatic rings. The van der Waals surface area contributed by atoms with Crippen molar-refractivity contribution in [3.05, 3.63) is 70.3 Å². The Morgan fingerprint density at radius 2 is 1.02 bits per heavy atom. The molecule has 6 heteroatoms. The van der Waals surface area contributed by atoms with E-state index in [4.69, 9.17) is 0 Å². The Morgan fingerprint density at radius 1 is 0.492 bits per heavy atom. The van der Waals surface area contributed by atoms with Crippen LogP contribution in [0.15, 0.2) is 48.0 Å². The molecule has 0 bridgehead atoms. The van der Waals surface area contributed by atoms with Gasteiger partial charge in [0.25, 0.3) is 0 Å². The fourth-order valence-corrected chi connectivity index (χ4v) is 17.4. The number of allylic oxidation sites excluding steroid dienone is 1. The number of benzene rings is 2. The molecular weight excluding hydrogens is 757 g/mol. The Balaban J connectivity index is 0.000000110. The van der Waals surface area contributed by atoms with Gasteiger partial charge in [0.15, 0.2) is 5.78 Å². The van der Waals surface area contributed by atoms with Gasteiger partial charge in [-0.25, -0.2) is 0 Å². The van der Waals surface area contributed by atoms with Crippen LogP contribution in [0.1, 0.15) is 177 Å². The van der Waals surface area contributed by atoms with E-state index in [1.807, 2.05) is 30.3 Å². The maximum absolute atomic E-state index is 12.3. The van der Waals surface area contributed by atoms with Crippen LogP contribution in [-0.2, 0) is 22.4 Å². The summed E-state index contributed by atoms with van der Waals surface area (Å²) < 4.78 is 0. The van der Waals surface area contributed by atoms with Crippen LogP contribution >= 0.6 is 0 Å². The number of phenols is 2. The van der Waals surface area contributed by atoms with E-state index in [0.717, 1.165) is 94.8 Å². The maximum atomic E-state index is 12.3. The van der Waals surface area contributed by atoms with Gasteiger partial charge in [0.2, 0.25) is 0 Å². The van der Waals surface area contributed by atoms with Crippen molar-refractivity contribution in [1.82, 2.24) is 0 Å². The number of rotatable bonds is 0. The standard InChI is InChI=1S/C19H28O2.C18H24O2.C18H22O2/c1-18-9-7-13(20)11-12(18)3-4-14-15-5-6-17(21)19(15,2)10-8-16(14)18;2*1-18-9-8-14-13-5-3-12(19)10-11(13)2-4-15(14)16(18)6-7-17(18)20/h11,14-17,21H,3-10H2,1-2H3;3,5,10,14-17,19-20H,2,4,6-9H2,1H3;3,5,10,14-16,19H,2,4,6-9H2,1H3/t14-,15-,16-,17-,18-,19-;14-,15-,16+,17+,18+;14-,15-,16+,18+/m011/s1. The van der Waals surface area contributed by atoms with Gasteiger partial charge in [0.05, 0.1) is 12.2 Å². The number of fused-ring (bicyclic) bond motifs is 15. The second-order valence-electron chi connectivity index (χ2n) is 23.3. The van der Waals surface area contributed by atoms with Gasteiger partial charge < -0.3 is 20.4 Å². The third-order valence-electron chi connectivity index (χ3n) is 21.0. The average Bonchev–Trinajstić information content (AvgIpc) is 3.85. The summed E-state index contributed by atoms with van der Waals surface area (Å²) in [5.41, 5.74) is 7.62. The number of aliphatic hydroxyl groups is 2. The minimum absolute atomic E-state index is 0.0322. The molecule has 10 aliphatic rings. The van der Waals surface area contributed by atoms with Crippen molar-refractivity contribution >= 4 is 11.6 Å². The van der Waals surface area contributed by atoms with Crippen molar-refractivity contribution in [2.24, 2.45) is 63.1 Å². The lowest BCUT2D eigenvalue weighted by atomic mass is 9.47. The lowest BCUT2D eigenvalue weighted by Gasteiger charge is -2.57. The first-order valence-corrected chi connectivity index (χ1v) is 24.9. The van der Waals surface area contributed by atoms with Gasteiger partial charge in [-0.3, -0.25) is 9.59 Å². The number of hydrogen-bond acceptors (Lipinski definition) is 6. The zero-order valence-electron chi connectivity index (χ0n) is 37.6. The van der Waals surface area contributed by atoms with Crippen LogP contribution in [0, 0.1) is 63.1 Å². The minimum Gasteiger partial charge on any atom is -0.508 e. The molecule has 15 atom stereocenters. The van der Waals surface area contributed by atoms with Gasteiger partial charge in [0.1, 0.15) is 17.3 Å². The SMILES string of the molecule is C[C@]12CC[C@@H]3c4ccc(O)cc4CC[C@H]3[C@@H]1CCC2=O.C[C@]12CC[C@@H]3c4ccc(O)cc4CC[C@H]3[C@@H]1CC[C@@H]2O.C[C@]12CC[C@H]3[C@@H](CCC4=CC(=O)CC[C@@]43C)[C@@H]1CC[C@@H]2O. The average molecular weight is 831 g/mol. The molecule has 0 radical (unpaired) electrons. The van der Waals surface area contributed by atoms with Crippen molar-refractivity contribution in [2.75, 3.05) is 0 Å². The molecule has 12 rings (SSSR count). The predicted molar refractivity (Wildman–Crippen MR) is 239 cm³/mol. The zero-order chi connectivity index (χ0) is 42.6. The van der Waals surface area contributed by atoms with Gasteiger partial charge in [-0.15, -0.1) is 0 Å². The largest absolute Gasteiger partial charge is 0.508 e. The first kappa shape index (κ1) is 42.0. The molecule has 7 fully saturated rings. The number of hydrogen-bond donors (Lipinski definition) is 4. The number of aromatic hydroxyl groups is 2. The van der Waals surface area contributed by atoms with E-state index in [2.05, 4.69) is 39.8 Å². The van der Waals surface area contributed by atoms with Crippen molar-refractivity contribution in [3.63, 3.8) is 0 Å². The quantitative estimate of drug-likeness (QED) is 0.210. The molecule has 0 saturated heterocycles. The predicted octanol–water partition coefficient (Wildman–Crippen LogP) is 11.3. The lowest BCUT2D eigenvalue weighted by Crippen LogP contribution is -2.51. The molecule has 4 N–H and O–H groups in total. The summed E-state index contributed by atoms with van der Waals surface area (Å²) in [6, 6.07) is 11.9. The normalized spacial score (nSPS) is 45.0. The van der Waals surface area contributed by atoms with Crippen molar-refractivity contribution < 1.29 is 30.0 Å². The van der Waals surface area contributed by atoms with Crippen molar-refractivity contribution in [2.45, 2.75) is 180 Å². The number of phenolic OH excluding ortho intramolecular Hbond substituents is 2. The van der Waals surface area contributed by atoms with Crippen LogP contribution in [-0.4, -0.2) is 44.2 Å². The Labute approximate surface area is 365 Å². The smallest absolute Gasteiger partial charge is 0.155 e. The highest BCUT2D eigenvalue weighted by Gasteiger charge is 2.59. The number of ketones is 2. The molecule has 0 amide bonds. The highest BCUT2D eigenvalue weighted by molar-refractivity contribution is 5.91. The molecule has 61 heavy (non-hydrogen) atoms. The number of aliphatic hydroxyl groups excluding tert-OH is 2. The second kappa shape index (κ2) is 15.3. The Morgan fingerprint density at radius 3 is 1.64 bits per heavy atom. The summed E-state index contributed by atoms with van der Waals surface area (Å²) in [5, 5.41) is 40.2. The fourth-order valence-electron chi connectivity index (χ4n) is 17.4. The highest BCUT2D eigenvalue weighted by Crippen LogP contribution is 2.66. The van der Waals surface area contributed by atoms with Gasteiger partial charge >= 0.3 is 0 Å².